The summed E-state index contributed by atoms with van der Waals surface area (Å²) in [5, 5.41) is 6.12. The molecule has 0 radical (unpaired) electrons. The molecule has 0 bridgehead atoms. The second-order valence-corrected chi connectivity index (χ2v) is 7.02. The Bertz CT molecular complexity index is 915. The van der Waals surface area contributed by atoms with Gasteiger partial charge >= 0.3 is 0 Å². The van der Waals surface area contributed by atoms with Gasteiger partial charge < -0.3 is 15.1 Å². The van der Waals surface area contributed by atoms with E-state index in [0.29, 0.717) is 22.9 Å². The minimum absolute atomic E-state index is 0.0998. The first-order valence-corrected chi connectivity index (χ1v) is 9.52. The standard InChI is InChI=1S/C20H21N3O3S/c1-3-14-6-8-15(9-7-14)20-23-13(2)18(27-20)19(25)22-12-17(24)21-11-16-5-4-10-26-16/h4-10H,3,11-12H2,1-2H3,(H,21,24)(H,22,25). The van der Waals surface area contributed by atoms with Gasteiger partial charge in [-0.2, -0.15) is 0 Å². The van der Waals surface area contributed by atoms with Crippen LogP contribution in [-0.4, -0.2) is 23.3 Å². The summed E-state index contributed by atoms with van der Waals surface area (Å²) in [6.45, 7) is 4.10. The van der Waals surface area contributed by atoms with Gasteiger partial charge in [-0.05, 0) is 31.0 Å². The molecule has 0 saturated carbocycles. The van der Waals surface area contributed by atoms with Gasteiger partial charge in [0, 0.05) is 5.56 Å². The van der Waals surface area contributed by atoms with Crippen molar-refractivity contribution in [3.05, 3.63) is 64.6 Å². The van der Waals surface area contributed by atoms with Gasteiger partial charge in [-0.15, -0.1) is 11.3 Å². The number of amides is 2. The van der Waals surface area contributed by atoms with Crippen molar-refractivity contribution >= 4 is 23.2 Å². The van der Waals surface area contributed by atoms with E-state index in [1.54, 1.807) is 25.3 Å². The zero-order chi connectivity index (χ0) is 19.2. The van der Waals surface area contributed by atoms with Gasteiger partial charge in [0.1, 0.15) is 15.6 Å². The fourth-order valence-corrected chi connectivity index (χ4v) is 3.50. The minimum atomic E-state index is -0.297. The van der Waals surface area contributed by atoms with Crippen molar-refractivity contribution in [3.63, 3.8) is 0 Å². The van der Waals surface area contributed by atoms with Crippen LogP contribution in [0.25, 0.3) is 10.6 Å². The summed E-state index contributed by atoms with van der Waals surface area (Å²) >= 11 is 1.33. The van der Waals surface area contributed by atoms with Crippen LogP contribution in [0.3, 0.4) is 0 Å². The Morgan fingerprint density at radius 1 is 1.15 bits per heavy atom. The second-order valence-electron chi connectivity index (χ2n) is 6.02. The minimum Gasteiger partial charge on any atom is -0.467 e. The fourth-order valence-electron chi connectivity index (χ4n) is 2.52. The molecule has 0 unspecified atom stereocenters. The lowest BCUT2D eigenvalue weighted by atomic mass is 10.1. The van der Waals surface area contributed by atoms with Gasteiger partial charge in [-0.3, -0.25) is 9.59 Å². The lowest BCUT2D eigenvalue weighted by Gasteiger charge is -2.05. The van der Waals surface area contributed by atoms with Gasteiger partial charge in [0.25, 0.3) is 5.91 Å². The van der Waals surface area contributed by atoms with Crippen LogP contribution < -0.4 is 10.6 Å². The molecule has 1 aromatic carbocycles. The zero-order valence-electron chi connectivity index (χ0n) is 15.2. The van der Waals surface area contributed by atoms with E-state index < -0.39 is 0 Å². The Morgan fingerprint density at radius 3 is 2.59 bits per heavy atom. The molecule has 6 nitrogen and oxygen atoms in total. The summed E-state index contributed by atoms with van der Waals surface area (Å²) in [5.74, 6) is 0.0820. The monoisotopic (exact) mass is 383 g/mol. The third-order valence-electron chi connectivity index (χ3n) is 4.06. The highest BCUT2D eigenvalue weighted by Crippen LogP contribution is 2.28. The molecular formula is C20H21N3O3S. The van der Waals surface area contributed by atoms with Gasteiger partial charge in [0.15, 0.2) is 0 Å². The van der Waals surface area contributed by atoms with E-state index in [1.807, 2.05) is 12.1 Å². The molecular weight excluding hydrogens is 362 g/mol. The van der Waals surface area contributed by atoms with Crippen molar-refractivity contribution in [2.24, 2.45) is 0 Å². The van der Waals surface area contributed by atoms with Crippen LogP contribution in [0.15, 0.2) is 47.1 Å². The second kappa shape index (κ2) is 8.64. The predicted octanol–water partition coefficient (Wildman–Crippen LogP) is 3.32. The average Bonchev–Trinajstić information content (AvgIpc) is 3.34. The third-order valence-corrected chi connectivity index (χ3v) is 5.27. The van der Waals surface area contributed by atoms with Crippen molar-refractivity contribution in [1.29, 1.82) is 0 Å². The summed E-state index contributed by atoms with van der Waals surface area (Å²) in [6.07, 6.45) is 2.52. The summed E-state index contributed by atoms with van der Waals surface area (Å²) in [5.41, 5.74) is 2.89. The molecule has 0 aliphatic heterocycles. The zero-order valence-corrected chi connectivity index (χ0v) is 16.1. The fraction of sp³-hybridized carbons (Fsp3) is 0.250. The Kier molecular flexibility index (Phi) is 6.03. The van der Waals surface area contributed by atoms with Crippen molar-refractivity contribution < 1.29 is 14.0 Å². The van der Waals surface area contributed by atoms with Crippen molar-refractivity contribution in [1.82, 2.24) is 15.6 Å². The number of rotatable bonds is 7. The van der Waals surface area contributed by atoms with Crippen molar-refractivity contribution in [2.75, 3.05) is 6.54 Å². The Balaban J connectivity index is 1.58. The molecule has 7 heteroatoms. The van der Waals surface area contributed by atoms with Gasteiger partial charge in [0.05, 0.1) is 25.0 Å². The quantitative estimate of drug-likeness (QED) is 0.655. The molecule has 2 aromatic heterocycles. The number of hydrogen-bond acceptors (Lipinski definition) is 5. The molecule has 2 amide bonds. The first kappa shape index (κ1) is 18.8. The molecule has 2 heterocycles. The van der Waals surface area contributed by atoms with Crippen LogP contribution in [0, 0.1) is 6.92 Å². The SMILES string of the molecule is CCc1ccc(-c2nc(C)c(C(=O)NCC(=O)NCc3ccco3)s2)cc1. The Hall–Kier alpha value is -2.93. The molecule has 2 N–H and O–H groups in total. The molecule has 0 spiro atoms. The number of nitrogens with zero attached hydrogens (tertiary/aromatic N) is 1. The number of benzene rings is 1. The van der Waals surface area contributed by atoms with Crippen molar-refractivity contribution in [2.45, 2.75) is 26.8 Å². The number of thiazole rings is 1. The molecule has 0 fully saturated rings. The van der Waals surface area contributed by atoms with Crippen LogP contribution in [0.2, 0.25) is 0 Å². The molecule has 0 aliphatic rings. The van der Waals surface area contributed by atoms with Gasteiger partial charge in [-0.1, -0.05) is 31.2 Å². The van der Waals surface area contributed by atoms with Crippen molar-refractivity contribution in [3.8, 4) is 10.6 Å². The van der Waals surface area contributed by atoms with E-state index in [2.05, 4.69) is 34.7 Å². The molecule has 0 saturated heterocycles. The number of hydrogen-bond donors (Lipinski definition) is 2. The number of carbonyl (C=O) groups is 2. The van der Waals surface area contributed by atoms with Crippen LogP contribution in [0.1, 0.15) is 33.6 Å². The summed E-state index contributed by atoms with van der Waals surface area (Å²) in [6, 6.07) is 11.7. The van der Waals surface area contributed by atoms with Gasteiger partial charge in [-0.25, -0.2) is 4.98 Å². The highest BCUT2D eigenvalue weighted by Gasteiger charge is 2.17. The number of aryl methyl sites for hydroxylation is 2. The number of aromatic nitrogens is 1. The smallest absolute Gasteiger partial charge is 0.263 e. The van der Waals surface area contributed by atoms with Crippen LogP contribution >= 0.6 is 11.3 Å². The molecule has 3 rings (SSSR count). The van der Waals surface area contributed by atoms with E-state index in [1.165, 1.54) is 16.9 Å². The first-order chi connectivity index (χ1) is 13.1. The molecule has 0 aliphatic carbocycles. The van der Waals surface area contributed by atoms with Crippen LogP contribution in [0.4, 0.5) is 0 Å². The average molecular weight is 383 g/mol. The van der Waals surface area contributed by atoms with Crippen LogP contribution in [-0.2, 0) is 17.8 Å². The maximum Gasteiger partial charge on any atom is 0.263 e. The maximum absolute atomic E-state index is 12.4. The maximum atomic E-state index is 12.4. The predicted molar refractivity (Wildman–Crippen MR) is 105 cm³/mol. The van der Waals surface area contributed by atoms with E-state index in [9.17, 15) is 9.59 Å². The van der Waals surface area contributed by atoms with Crippen LogP contribution in [0.5, 0.6) is 0 Å². The Morgan fingerprint density at radius 2 is 1.93 bits per heavy atom. The summed E-state index contributed by atoms with van der Waals surface area (Å²) in [4.78, 5) is 29.3. The lowest BCUT2D eigenvalue weighted by molar-refractivity contribution is -0.120. The largest absolute Gasteiger partial charge is 0.467 e. The molecule has 27 heavy (non-hydrogen) atoms. The highest BCUT2D eigenvalue weighted by molar-refractivity contribution is 7.17. The van der Waals surface area contributed by atoms with E-state index >= 15 is 0 Å². The normalized spacial score (nSPS) is 10.6. The van der Waals surface area contributed by atoms with Gasteiger partial charge in [0.2, 0.25) is 5.91 Å². The lowest BCUT2D eigenvalue weighted by Crippen LogP contribution is -2.36. The summed E-state index contributed by atoms with van der Waals surface area (Å²) < 4.78 is 5.15. The topological polar surface area (TPSA) is 84.2 Å². The number of nitrogens with one attached hydrogen (secondary N) is 2. The molecule has 140 valence electrons. The molecule has 3 aromatic rings. The summed E-state index contributed by atoms with van der Waals surface area (Å²) in [7, 11) is 0. The van der Waals surface area contributed by atoms with E-state index in [4.69, 9.17) is 4.42 Å². The number of furan rings is 1. The van der Waals surface area contributed by atoms with E-state index in [0.717, 1.165) is 17.0 Å². The van der Waals surface area contributed by atoms with E-state index in [-0.39, 0.29) is 18.4 Å². The highest BCUT2D eigenvalue weighted by atomic mass is 32.1. The third kappa shape index (κ3) is 4.83. The number of carbonyl (C=O) groups excluding carboxylic acids is 2. The Labute approximate surface area is 161 Å². The molecule has 0 atom stereocenters. The first-order valence-electron chi connectivity index (χ1n) is 8.71.